The highest BCUT2D eigenvalue weighted by Gasteiger charge is 2.21. The summed E-state index contributed by atoms with van der Waals surface area (Å²) in [6.45, 7) is 4.65. The molecule has 0 radical (unpaired) electrons. The number of halogens is 2. The minimum absolute atomic E-state index is 0.407. The van der Waals surface area contributed by atoms with Crippen LogP contribution in [0.3, 0.4) is 0 Å². The van der Waals surface area contributed by atoms with Crippen LogP contribution in [0.1, 0.15) is 17.5 Å². The fraction of sp³-hybridized carbons (Fsp3) is 0.471. The first kappa shape index (κ1) is 17.0. The zero-order chi connectivity index (χ0) is 17.1. The number of hydrogen-bond donors (Lipinski definition) is 1. The number of aliphatic hydroxyl groups is 1. The molecule has 130 valence electrons. The fourth-order valence-corrected chi connectivity index (χ4v) is 2.95. The molecule has 3 rings (SSSR count). The van der Waals surface area contributed by atoms with Gasteiger partial charge in [0.2, 0.25) is 0 Å². The van der Waals surface area contributed by atoms with Crippen molar-refractivity contribution in [1.82, 2.24) is 19.4 Å². The Morgan fingerprint density at radius 3 is 2.46 bits per heavy atom. The number of aryl methyl sites for hydroxylation is 1. The van der Waals surface area contributed by atoms with Gasteiger partial charge < -0.3 is 9.67 Å². The first-order valence-corrected chi connectivity index (χ1v) is 8.07. The van der Waals surface area contributed by atoms with Crippen molar-refractivity contribution in [2.75, 3.05) is 32.7 Å². The lowest BCUT2D eigenvalue weighted by Gasteiger charge is -2.35. The largest absolute Gasteiger partial charge is 0.387 e. The van der Waals surface area contributed by atoms with Gasteiger partial charge in [-0.15, -0.1) is 0 Å². The summed E-state index contributed by atoms with van der Waals surface area (Å²) in [6.07, 6.45) is 2.91. The van der Waals surface area contributed by atoms with E-state index in [0.29, 0.717) is 12.1 Å². The Labute approximate surface area is 140 Å². The summed E-state index contributed by atoms with van der Waals surface area (Å²) in [5.74, 6) is -0.787. The van der Waals surface area contributed by atoms with Gasteiger partial charge in [-0.2, -0.15) is 0 Å². The quantitative estimate of drug-likeness (QED) is 0.900. The number of aliphatic hydroxyl groups excluding tert-OH is 1. The van der Waals surface area contributed by atoms with Gasteiger partial charge in [-0.3, -0.25) is 9.80 Å². The molecule has 0 spiro atoms. The van der Waals surface area contributed by atoms with Gasteiger partial charge in [-0.25, -0.2) is 13.8 Å². The molecule has 1 fully saturated rings. The van der Waals surface area contributed by atoms with E-state index in [4.69, 9.17) is 0 Å². The molecule has 7 heteroatoms. The first-order chi connectivity index (χ1) is 11.5. The van der Waals surface area contributed by atoms with Crippen molar-refractivity contribution in [2.24, 2.45) is 7.05 Å². The Kier molecular flexibility index (Phi) is 5.23. The monoisotopic (exact) mass is 336 g/mol. The third kappa shape index (κ3) is 3.98. The fourth-order valence-electron chi connectivity index (χ4n) is 2.95. The van der Waals surface area contributed by atoms with Gasteiger partial charge in [0, 0.05) is 52.2 Å². The number of hydrogen-bond acceptors (Lipinski definition) is 4. The van der Waals surface area contributed by atoms with Crippen LogP contribution in [0.25, 0.3) is 0 Å². The number of rotatable bonds is 5. The highest BCUT2D eigenvalue weighted by molar-refractivity contribution is 5.20. The summed E-state index contributed by atoms with van der Waals surface area (Å²) in [6, 6.07) is 3.55. The number of nitrogens with zero attached hydrogens (tertiary/aromatic N) is 4. The lowest BCUT2D eigenvalue weighted by Crippen LogP contribution is -2.47. The van der Waals surface area contributed by atoms with Crippen molar-refractivity contribution in [3.63, 3.8) is 0 Å². The maximum atomic E-state index is 13.3. The van der Waals surface area contributed by atoms with Crippen LogP contribution in [0.4, 0.5) is 8.78 Å². The molecular weight excluding hydrogens is 314 g/mol. The maximum absolute atomic E-state index is 13.3. The van der Waals surface area contributed by atoms with Crippen LogP contribution in [0.15, 0.2) is 30.6 Å². The van der Waals surface area contributed by atoms with E-state index in [1.807, 2.05) is 17.8 Å². The minimum atomic E-state index is -0.925. The van der Waals surface area contributed by atoms with Crippen LogP contribution >= 0.6 is 0 Å². The second-order valence-corrected chi connectivity index (χ2v) is 6.22. The van der Waals surface area contributed by atoms with Gasteiger partial charge in [0.15, 0.2) is 11.6 Å². The first-order valence-electron chi connectivity index (χ1n) is 8.07. The van der Waals surface area contributed by atoms with Gasteiger partial charge in [-0.1, -0.05) is 6.07 Å². The molecule has 1 aromatic carbocycles. The summed E-state index contributed by atoms with van der Waals surface area (Å²) in [5.41, 5.74) is 0.407. The number of piperazine rings is 1. The third-order valence-electron chi connectivity index (χ3n) is 4.51. The summed E-state index contributed by atoms with van der Waals surface area (Å²) in [7, 11) is 1.98. The van der Waals surface area contributed by atoms with Crippen molar-refractivity contribution >= 4 is 0 Å². The number of β-amino-alcohol motifs (C(OH)–C–C–N with tert-alkyl or cyclic N) is 1. The Bertz CT molecular complexity index is 683. The normalized spacial score (nSPS) is 18.0. The third-order valence-corrected chi connectivity index (χ3v) is 4.51. The highest BCUT2D eigenvalue weighted by atomic mass is 19.2. The van der Waals surface area contributed by atoms with Crippen LogP contribution in [-0.2, 0) is 13.6 Å². The molecule has 0 unspecified atom stereocenters. The molecule has 5 nitrogen and oxygen atoms in total. The van der Waals surface area contributed by atoms with Gasteiger partial charge >= 0.3 is 0 Å². The molecule has 0 aliphatic carbocycles. The molecule has 1 N–H and O–H groups in total. The van der Waals surface area contributed by atoms with Gasteiger partial charge in [0.1, 0.15) is 5.82 Å². The van der Waals surface area contributed by atoms with Crippen molar-refractivity contribution in [3.8, 4) is 0 Å². The molecular formula is C17H22F2N4O. The number of imidazole rings is 1. The van der Waals surface area contributed by atoms with E-state index in [9.17, 15) is 13.9 Å². The second kappa shape index (κ2) is 7.38. The smallest absolute Gasteiger partial charge is 0.159 e. The van der Waals surface area contributed by atoms with Crippen molar-refractivity contribution < 1.29 is 13.9 Å². The Hall–Kier alpha value is -1.83. The SMILES string of the molecule is Cn1ccnc1CN1CCN(C[C@@H](O)c2ccc(F)c(F)c2)CC1. The zero-order valence-electron chi connectivity index (χ0n) is 13.7. The lowest BCUT2D eigenvalue weighted by atomic mass is 10.1. The van der Waals surface area contributed by atoms with E-state index in [1.54, 1.807) is 6.20 Å². The molecule has 24 heavy (non-hydrogen) atoms. The molecule has 1 aliphatic rings. The van der Waals surface area contributed by atoms with E-state index in [2.05, 4.69) is 14.8 Å². The summed E-state index contributed by atoms with van der Waals surface area (Å²) in [4.78, 5) is 8.80. The van der Waals surface area contributed by atoms with Crippen molar-refractivity contribution in [3.05, 3.63) is 53.6 Å². The standard InChI is InChI=1S/C17H22F2N4O/c1-21-5-4-20-17(21)12-23-8-6-22(7-9-23)11-16(24)13-2-3-14(18)15(19)10-13/h2-5,10,16,24H,6-9,11-12H2,1H3/t16-/m1/s1. The van der Waals surface area contributed by atoms with Gasteiger partial charge in [0.05, 0.1) is 12.6 Å². The predicted octanol–water partition coefficient (Wildman–Crippen LogP) is 1.55. The van der Waals surface area contributed by atoms with Crippen LogP contribution in [0, 0.1) is 11.6 Å². The van der Waals surface area contributed by atoms with Gasteiger partial charge in [-0.05, 0) is 17.7 Å². The topological polar surface area (TPSA) is 44.5 Å². The van der Waals surface area contributed by atoms with Crippen molar-refractivity contribution in [2.45, 2.75) is 12.6 Å². The molecule has 0 amide bonds. The molecule has 1 aliphatic heterocycles. The van der Waals surface area contributed by atoms with E-state index in [-0.39, 0.29) is 0 Å². The molecule has 2 heterocycles. The maximum Gasteiger partial charge on any atom is 0.159 e. The predicted molar refractivity (Wildman–Crippen MR) is 86.2 cm³/mol. The average Bonchev–Trinajstić information content (AvgIpc) is 2.97. The van der Waals surface area contributed by atoms with Crippen LogP contribution in [0.2, 0.25) is 0 Å². The number of benzene rings is 1. The van der Waals surface area contributed by atoms with E-state index >= 15 is 0 Å². The zero-order valence-corrected chi connectivity index (χ0v) is 13.7. The summed E-state index contributed by atoms with van der Waals surface area (Å²) in [5, 5.41) is 10.2. The highest BCUT2D eigenvalue weighted by Crippen LogP contribution is 2.18. The van der Waals surface area contributed by atoms with E-state index < -0.39 is 17.7 Å². The molecule has 2 aromatic rings. The summed E-state index contributed by atoms with van der Waals surface area (Å²) < 4.78 is 28.2. The molecule has 1 saturated heterocycles. The van der Waals surface area contributed by atoms with E-state index in [0.717, 1.165) is 50.7 Å². The molecule has 1 atom stereocenters. The van der Waals surface area contributed by atoms with Crippen LogP contribution in [0.5, 0.6) is 0 Å². The van der Waals surface area contributed by atoms with Gasteiger partial charge in [0.25, 0.3) is 0 Å². The Morgan fingerprint density at radius 2 is 1.83 bits per heavy atom. The van der Waals surface area contributed by atoms with Crippen LogP contribution < -0.4 is 0 Å². The number of aromatic nitrogens is 2. The van der Waals surface area contributed by atoms with Crippen molar-refractivity contribution in [1.29, 1.82) is 0 Å². The Morgan fingerprint density at radius 1 is 1.12 bits per heavy atom. The average molecular weight is 336 g/mol. The molecule has 0 saturated carbocycles. The molecule has 0 bridgehead atoms. The van der Waals surface area contributed by atoms with Crippen LogP contribution in [-0.4, -0.2) is 57.2 Å². The minimum Gasteiger partial charge on any atom is -0.387 e. The second-order valence-electron chi connectivity index (χ2n) is 6.22. The Balaban J connectivity index is 1.49. The summed E-state index contributed by atoms with van der Waals surface area (Å²) >= 11 is 0. The van der Waals surface area contributed by atoms with E-state index in [1.165, 1.54) is 6.07 Å². The molecule has 1 aromatic heterocycles. The lowest BCUT2D eigenvalue weighted by molar-refractivity contribution is 0.0688.